The fourth-order valence-corrected chi connectivity index (χ4v) is 2.36. The molecule has 1 rings (SSSR count). The molecule has 0 aliphatic heterocycles. The molecule has 0 spiro atoms. The Morgan fingerprint density at radius 1 is 1.15 bits per heavy atom. The van der Waals surface area contributed by atoms with Crippen LogP contribution < -0.4 is 4.90 Å². The predicted octanol–water partition coefficient (Wildman–Crippen LogP) is 3.43. The first-order valence-corrected chi connectivity index (χ1v) is 7.66. The summed E-state index contributed by atoms with van der Waals surface area (Å²) in [5.74, 6) is 0.312. The van der Waals surface area contributed by atoms with E-state index in [9.17, 15) is 21.6 Å². The number of anilines is 1. The highest BCUT2D eigenvalue weighted by Crippen LogP contribution is 2.32. The van der Waals surface area contributed by atoms with Gasteiger partial charge < -0.3 is 4.90 Å². The maximum atomic E-state index is 12.4. The minimum Gasteiger partial charge on any atom is -0.368 e. The number of sulfone groups is 1. The van der Waals surface area contributed by atoms with E-state index in [2.05, 4.69) is 0 Å². The summed E-state index contributed by atoms with van der Waals surface area (Å²) in [6.45, 7) is 3.72. The molecule has 0 unspecified atom stereocenters. The zero-order chi connectivity index (χ0) is 15.8. The third-order valence-corrected chi connectivity index (χ3v) is 5.23. The Hall–Kier alpha value is -0.950. The van der Waals surface area contributed by atoms with Gasteiger partial charge >= 0.3 is 5.51 Å². The van der Waals surface area contributed by atoms with E-state index in [1.807, 2.05) is 13.8 Å². The van der Waals surface area contributed by atoms with Gasteiger partial charge in [-0.05, 0) is 38.1 Å². The molecule has 0 radical (unpaired) electrons. The van der Waals surface area contributed by atoms with Crippen LogP contribution in [0.1, 0.15) is 13.8 Å². The van der Waals surface area contributed by atoms with E-state index >= 15 is 0 Å². The maximum absolute atomic E-state index is 12.4. The van der Waals surface area contributed by atoms with Crippen LogP contribution in [0.4, 0.5) is 18.9 Å². The van der Waals surface area contributed by atoms with E-state index in [0.29, 0.717) is 11.6 Å². The van der Waals surface area contributed by atoms with Crippen molar-refractivity contribution in [3.05, 3.63) is 24.3 Å². The lowest BCUT2D eigenvalue weighted by atomic mass is 10.1. The number of hydrogen-bond acceptors (Lipinski definition) is 3. The van der Waals surface area contributed by atoms with Gasteiger partial charge in [0, 0.05) is 24.2 Å². The van der Waals surface area contributed by atoms with E-state index in [4.69, 9.17) is 11.6 Å². The second-order valence-electron chi connectivity index (χ2n) is 4.95. The Kier molecular flexibility index (Phi) is 4.65. The van der Waals surface area contributed by atoms with Crippen molar-refractivity contribution in [2.75, 3.05) is 17.8 Å². The number of hydrogen-bond donors (Lipinski definition) is 0. The zero-order valence-corrected chi connectivity index (χ0v) is 12.8. The van der Waals surface area contributed by atoms with Crippen LogP contribution in [0, 0.1) is 0 Å². The predicted molar refractivity (Wildman–Crippen MR) is 72.9 cm³/mol. The average Bonchev–Trinajstić information content (AvgIpc) is 2.36. The molecule has 0 saturated carbocycles. The highest BCUT2D eigenvalue weighted by atomic mass is 35.5. The van der Waals surface area contributed by atoms with E-state index in [-0.39, 0.29) is 0 Å². The van der Waals surface area contributed by atoms with E-state index in [0.717, 1.165) is 12.1 Å². The topological polar surface area (TPSA) is 37.4 Å². The molecule has 0 N–H and O–H groups in total. The number of rotatable bonds is 4. The molecule has 8 heteroatoms. The molecular formula is C12H15ClF3NO2S. The van der Waals surface area contributed by atoms with Gasteiger partial charge in [0.1, 0.15) is 0 Å². The van der Waals surface area contributed by atoms with Crippen molar-refractivity contribution in [3.63, 3.8) is 0 Å². The van der Waals surface area contributed by atoms with Gasteiger partial charge in [0.2, 0.25) is 0 Å². The van der Waals surface area contributed by atoms with Crippen LogP contribution in [0.3, 0.4) is 0 Å². The van der Waals surface area contributed by atoms with Gasteiger partial charge in [-0.25, -0.2) is 8.42 Å². The van der Waals surface area contributed by atoms with Crippen LogP contribution in [0.15, 0.2) is 29.2 Å². The summed E-state index contributed by atoms with van der Waals surface area (Å²) in [7, 11) is -3.57. The Labute approximate surface area is 121 Å². The summed E-state index contributed by atoms with van der Waals surface area (Å²) in [4.78, 5) is 0.995. The molecule has 114 valence electrons. The van der Waals surface area contributed by atoms with E-state index < -0.39 is 25.8 Å². The lowest BCUT2D eigenvalue weighted by Crippen LogP contribution is -2.42. The van der Waals surface area contributed by atoms with Gasteiger partial charge in [-0.2, -0.15) is 13.2 Å². The Balaban J connectivity index is 3.14. The monoisotopic (exact) mass is 329 g/mol. The number of nitrogens with zero attached hydrogens (tertiary/aromatic N) is 1. The summed E-state index contributed by atoms with van der Waals surface area (Å²) < 4.78 is 59.7. The molecule has 0 bridgehead atoms. The van der Waals surface area contributed by atoms with Crippen molar-refractivity contribution in [1.82, 2.24) is 0 Å². The van der Waals surface area contributed by atoms with E-state index in [1.54, 1.807) is 11.9 Å². The van der Waals surface area contributed by atoms with E-state index in [1.165, 1.54) is 12.1 Å². The molecule has 3 nitrogen and oxygen atoms in total. The van der Waals surface area contributed by atoms with Crippen molar-refractivity contribution in [1.29, 1.82) is 0 Å². The third kappa shape index (κ3) is 3.20. The van der Waals surface area contributed by atoms with Crippen molar-refractivity contribution < 1.29 is 21.6 Å². The molecule has 20 heavy (non-hydrogen) atoms. The maximum Gasteiger partial charge on any atom is 0.501 e. The molecule has 0 aromatic heterocycles. The van der Waals surface area contributed by atoms with Crippen molar-refractivity contribution >= 4 is 27.1 Å². The number of benzene rings is 1. The third-order valence-electron chi connectivity index (χ3n) is 3.07. The average molecular weight is 330 g/mol. The van der Waals surface area contributed by atoms with Crippen LogP contribution in [-0.2, 0) is 9.84 Å². The van der Waals surface area contributed by atoms with Gasteiger partial charge in [0.15, 0.2) is 0 Å². The van der Waals surface area contributed by atoms with Gasteiger partial charge in [-0.1, -0.05) is 0 Å². The SMILES string of the molecule is CN(c1ccc(S(=O)(=O)C(F)(F)F)cc1)C(C)(C)CCl. The standard InChI is InChI=1S/C12H15ClF3NO2S/c1-11(2,8-13)17(3)9-4-6-10(7-5-9)20(18,19)12(14,15)16/h4-7H,8H2,1-3H3. The Morgan fingerprint density at radius 3 is 1.95 bits per heavy atom. The highest BCUT2D eigenvalue weighted by molar-refractivity contribution is 7.92. The van der Waals surface area contributed by atoms with Crippen molar-refractivity contribution in [2.45, 2.75) is 29.8 Å². The summed E-state index contributed by atoms with van der Waals surface area (Å²) in [6, 6.07) is 4.54. The van der Waals surface area contributed by atoms with Gasteiger partial charge in [0.25, 0.3) is 9.84 Å². The fraction of sp³-hybridized carbons (Fsp3) is 0.500. The minimum absolute atomic E-state index is 0.312. The highest BCUT2D eigenvalue weighted by Gasteiger charge is 2.46. The molecule has 0 fully saturated rings. The normalized spacial score (nSPS) is 13.3. The molecule has 0 aliphatic carbocycles. The molecule has 0 aliphatic rings. The molecule has 0 amide bonds. The summed E-state index contributed by atoms with van der Waals surface area (Å²) in [6.07, 6.45) is 0. The first-order chi connectivity index (χ1) is 8.93. The largest absolute Gasteiger partial charge is 0.501 e. The molecule has 1 aromatic carbocycles. The lowest BCUT2D eigenvalue weighted by molar-refractivity contribution is -0.0436. The summed E-state index contributed by atoms with van der Waals surface area (Å²) in [5, 5.41) is 0. The quantitative estimate of drug-likeness (QED) is 0.794. The minimum atomic E-state index is -5.30. The molecular weight excluding hydrogens is 315 g/mol. The van der Waals surface area contributed by atoms with Crippen LogP contribution in [0.2, 0.25) is 0 Å². The van der Waals surface area contributed by atoms with Gasteiger partial charge in [0.05, 0.1) is 4.90 Å². The smallest absolute Gasteiger partial charge is 0.368 e. The number of alkyl halides is 4. The van der Waals surface area contributed by atoms with Crippen LogP contribution in [0.25, 0.3) is 0 Å². The first kappa shape index (κ1) is 17.1. The molecule has 0 heterocycles. The Morgan fingerprint density at radius 2 is 1.60 bits per heavy atom. The fourth-order valence-electron chi connectivity index (χ4n) is 1.42. The van der Waals surface area contributed by atoms with Crippen molar-refractivity contribution in [2.24, 2.45) is 0 Å². The molecule has 0 atom stereocenters. The Bertz CT molecular complexity index is 567. The second-order valence-corrected chi connectivity index (χ2v) is 7.16. The van der Waals surface area contributed by atoms with Crippen LogP contribution in [0.5, 0.6) is 0 Å². The first-order valence-electron chi connectivity index (χ1n) is 5.65. The lowest BCUT2D eigenvalue weighted by Gasteiger charge is -2.35. The van der Waals surface area contributed by atoms with Gasteiger partial charge in [-0.15, -0.1) is 11.6 Å². The molecule has 1 aromatic rings. The van der Waals surface area contributed by atoms with Crippen LogP contribution in [-0.4, -0.2) is 32.4 Å². The number of halogens is 4. The second kappa shape index (κ2) is 5.44. The van der Waals surface area contributed by atoms with Gasteiger partial charge in [-0.3, -0.25) is 0 Å². The molecule has 0 saturated heterocycles. The zero-order valence-electron chi connectivity index (χ0n) is 11.2. The van der Waals surface area contributed by atoms with Crippen molar-refractivity contribution in [3.8, 4) is 0 Å². The summed E-state index contributed by atoms with van der Waals surface area (Å²) >= 11 is 5.82. The summed E-state index contributed by atoms with van der Waals surface area (Å²) in [5.41, 5.74) is -5.13. The van der Waals surface area contributed by atoms with Crippen LogP contribution >= 0.6 is 11.6 Å².